The lowest BCUT2D eigenvalue weighted by Crippen LogP contribution is -2.36. The van der Waals surface area contributed by atoms with Crippen LogP contribution in [0.15, 0.2) is 24.3 Å². The van der Waals surface area contributed by atoms with Crippen molar-refractivity contribution in [2.75, 3.05) is 18.1 Å². The number of hydrogen-bond donors (Lipinski definition) is 0. The van der Waals surface area contributed by atoms with E-state index in [1.807, 2.05) is 30.0 Å². The molecule has 92 valence electrons. The average Bonchev–Trinajstić information content (AvgIpc) is 2.65. The van der Waals surface area contributed by atoms with Gasteiger partial charge in [-0.15, -0.1) is 0 Å². The predicted octanol–water partition coefficient (Wildman–Crippen LogP) is 2.39. The molecule has 0 aliphatic carbocycles. The first-order valence-corrected chi connectivity index (χ1v) is 6.21. The lowest BCUT2D eigenvalue weighted by atomic mass is 10.1. The molecule has 1 aliphatic rings. The number of fused-ring (bicyclic) bond motifs is 1. The van der Waals surface area contributed by atoms with Crippen LogP contribution in [-0.4, -0.2) is 25.2 Å². The monoisotopic (exact) mass is 233 g/mol. The molecule has 0 bridgehead atoms. The second-order valence-corrected chi connectivity index (χ2v) is 4.39. The van der Waals surface area contributed by atoms with Crippen LogP contribution in [0.1, 0.15) is 25.8 Å². The smallest absolute Gasteiger partial charge is 0.229 e. The van der Waals surface area contributed by atoms with E-state index in [1.54, 1.807) is 0 Å². The Labute approximate surface area is 102 Å². The first-order valence-electron chi connectivity index (χ1n) is 6.21. The molecule has 0 fully saturated rings. The van der Waals surface area contributed by atoms with Crippen LogP contribution in [0, 0.1) is 0 Å². The summed E-state index contributed by atoms with van der Waals surface area (Å²) in [5, 5.41) is 0. The van der Waals surface area contributed by atoms with Gasteiger partial charge in [0.05, 0.1) is 13.0 Å². The maximum absolute atomic E-state index is 12.1. The first-order chi connectivity index (χ1) is 8.24. The van der Waals surface area contributed by atoms with E-state index in [0.29, 0.717) is 19.6 Å². The molecule has 1 aromatic rings. The highest BCUT2D eigenvalue weighted by molar-refractivity contribution is 5.96. The van der Waals surface area contributed by atoms with Crippen molar-refractivity contribution >= 4 is 11.6 Å². The molecule has 1 heterocycles. The lowest BCUT2D eigenvalue weighted by Gasteiger charge is -2.22. The quantitative estimate of drug-likeness (QED) is 0.747. The Balaban J connectivity index is 2.08. The number of amides is 1. The third-order valence-corrected chi connectivity index (χ3v) is 3.14. The topological polar surface area (TPSA) is 29.5 Å². The highest BCUT2D eigenvalue weighted by Crippen LogP contribution is 2.32. The molecule has 0 saturated carbocycles. The number of benzene rings is 1. The van der Waals surface area contributed by atoms with Crippen LogP contribution < -0.4 is 4.90 Å². The summed E-state index contributed by atoms with van der Waals surface area (Å²) in [5.74, 6) is 0.163. The van der Waals surface area contributed by atoms with E-state index in [-0.39, 0.29) is 11.9 Å². The van der Waals surface area contributed by atoms with Gasteiger partial charge < -0.3 is 9.64 Å². The minimum atomic E-state index is 0.163. The number of carbonyl (C=O) groups excluding carboxylic acids is 1. The van der Waals surface area contributed by atoms with E-state index in [9.17, 15) is 4.79 Å². The maximum atomic E-state index is 12.1. The number of ether oxygens (including phenoxy) is 1. The second kappa shape index (κ2) is 5.32. The number of nitrogens with zero attached hydrogens (tertiary/aromatic N) is 1. The van der Waals surface area contributed by atoms with Gasteiger partial charge in [0, 0.05) is 18.3 Å². The number of anilines is 1. The van der Waals surface area contributed by atoms with Gasteiger partial charge in [0.25, 0.3) is 0 Å². The molecule has 0 N–H and O–H groups in total. The van der Waals surface area contributed by atoms with Crippen LogP contribution in [0.4, 0.5) is 5.69 Å². The van der Waals surface area contributed by atoms with E-state index in [2.05, 4.69) is 13.0 Å². The fourth-order valence-electron chi connectivity index (χ4n) is 2.37. The van der Waals surface area contributed by atoms with E-state index >= 15 is 0 Å². The first kappa shape index (κ1) is 12.1. The van der Waals surface area contributed by atoms with E-state index in [4.69, 9.17) is 4.74 Å². The van der Waals surface area contributed by atoms with Gasteiger partial charge in [-0.25, -0.2) is 0 Å². The molecular weight excluding hydrogens is 214 g/mol. The Morgan fingerprint density at radius 3 is 3.00 bits per heavy atom. The zero-order chi connectivity index (χ0) is 12.3. The van der Waals surface area contributed by atoms with Crippen molar-refractivity contribution < 1.29 is 9.53 Å². The molecule has 0 radical (unpaired) electrons. The van der Waals surface area contributed by atoms with Gasteiger partial charge in [-0.1, -0.05) is 18.2 Å². The van der Waals surface area contributed by atoms with Crippen molar-refractivity contribution in [3.8, 4) is 0 Å². The normalized spacial score (nSPS) is 18.2. The Kier molecular flexibility index (Phi) is 3.79. The van der Waals surface area contributed by atoms with Gasteiger partial charge in [0.2, 0.25) is 5.91 Å². The summed E-state index contributed by atoms with van der Waals surface area (Å²) < 4.78 is 5.24. The molecule has 17 heavy (non-hydrogen) atoms. The minimum absolute atomic E-state index is 0.163. The number of para-hydroxylation sites is 1. The fourth-order valence-corrected chi connectivity index (χ4v) is 2.37. The summed E-state index contributed by atoms with van der Waals surface area (Å²) in [6, 6.07) is 8.40. The fraction of sp³-hybridized carbons (Fsp3) is 0.500. The van der Waals surface area contributed by atoms with E-state index in [0.717, 1.165) is 12.1 Å². The van der Waals surface area contributed by atoms with Crippen LogP contribution >= 0.6 is 0 Å². The summed E-state index contributed by atoms with van der Waals surface area (Å²) >= 11 is 0. The standard InChI is InChI=1S/C14H19NO2/c1-3-17-9-8-14(16)15-11(2)10-12-6-4-5-7-13(12)15/h4-7,11H,3,8-10H2,1-2H3/t11-/m1/s1. The predicted molar refractivity (Wildman–Crippen MR) is 68.2 cm³/mol. The molecule has 3 heteroatoms. The van der Waals surface area contributed by atoms with Crippen molar-refractivity contribution in [3.63, 3.8) is 0 Å². The minimum Gasteiger partial charge on any atom is -0.381 e. The van der Waals surface area contributed by atoms with E-state index < -0.39 is 0 Å². The van der Waals surface area contributed by atoms with Crippen LogP contribution in [0.5, 0.6) is 0 Å². The van der Waals surface area contributed by atoms with Gasteiger partial charge >= 0.3 is 0 Å². The summed E-state index contributed by atoms with van der Waals surface area (Å²) in [4.78, 5) is 14.1. The van der Waals surface area contributed by atoms with Crippen LogP contribution in [0.3, 0.4) is 0 Å². The summed E-state index contributed by atoms with van der Waals surface area (Å²) in [6.07, 6.45) is 1.42. The molecule has 0 unspecified atom stereocenters. The number of hydrogen-bond acceptors (Lipinski definition) is 2. The van der Waals surface area contributed by atoms with Crippen LogP contribution in [0.25, 0.3) is 0 Å². The molecule has 1 aliphatic heterocycles. The van der Waals surface area contributed by atoms with Crippen molar-refractivity contribution in [2.24, 2.45) is 0 Å². The maximum Gasteiger partial charge on any atom is 0.229 e. The highest BCUT2D eigenvalue weighted by Gasteiger charge is 2.29. The molecule has 1 aromatic carbocycles. The van der Waals surface area contributed by atoms with Gasteiger partial charge in [-0.3, -0.25) is 4.79 Å². The molecule has 2 rings (SSSR count). The van der Waals surface area contributed by atoms with Crippen molar-refractivity contribution in [1.29, 1.82) is 0 Å². The van der Waals surface area contributed by atoms with Gasteiger partial charge in [-0.05, 0) is 31.9 Å². The van der Waals surface area contributed by atoms with Gasteiger partial charge in [0.15, 0.2) is 0 Å². The largest absolute Gasteiger partial charge is 0.381 e. The van der Waals surface area contributed by atoms with Crippen LogP contribution in [0.2, 0.25) is 0 Å². The average molecular weight is 233 g/mol. The Morgan fingerprint density at radius 1 is 1.47 bits per heavy atom. The molecule has 1 atom stereocenters. The van der Waals surface area contributed by atoms with Crippen LogP contribution in [-0.2, 0) is 16.0 Å². The third-order valence-electron chi connectivity index (χ3n) is 3.14. The Morgan fingerprint density at radius 2 is 2.24 bits per heavy atom. The molecule has 0 saturated heterocycles. The summed E-state index contributed by atoms with van der Waals surface area (Å²) in [6.45, 7) is 5.22. The van der Waals surface area contributed by atoms with Crippen molar-refractivity contribution in [3.05, 3.63) is 29.8 Å². The Bertz CT molecular complexity index is 403. The summed E-state index contributed by atoms with van der Waals surface area (Å²) in [7, 11) is 0. The summed E-state index contributed by atoms with van der Waals surface area (Å²) in [5.41, 5.74) is 2.34. The van der Waals surface area contributed by atoms with Gasteiger partial charge in [0.1, 0.15) is 0 Å². The lowest BCUT2D eigenvalue weighted by molar-refractivity contribution is -0.119. The molecule has 0 spiro atoms. The zero-order valence-corrected chi connectivity index (χ0v) is 10.5. The molecule has 0 aromatic heterocycles. The molecular formula is C14H19NO2. The number of rotatable bonds is 4. The highest BCUT2D eigenvalue weighted by atomic mass is 16.5. The van der Waals surface area contributed by atoms with Gasteiger partial charge in [-0.2, -0.15) is 0 Å². The third kappa shape index (κ3) is 2.50. The molecule has 1 amide bonds. The van der Waals surface area contributed by atoms with Crippen molar-refractivity contribution in [2.45, 2.75) is 32.7 Å². The zero-order valence-electron chi connectivity index (χ0n) is 10.5. The number of carbonyl (C=O) groups is 1. The SMILES string of the molecule is CCOCCC(=O)N1c2ccccc2C[C@H]1C. The molecule has 3 nitrogen and oxygen atoms in total. The van der Waals surface area contributed by atoms with Crippen molar-refractivity contribution in [1.82, 2.24) is 0 Å². The Hall–Kier alpha value is -1.35. The second-order valence-electron chi connectivity index (χ2n) is 4.39. The van der Waals surface area contributed by atoms with E-state index in [1.165, 1.54) is 5.56 Å².